The molecule has 0 spiro atoms. The second kappa shape index (κ2) is 14.8. The highest BCUT2D eigenvalue weighted by Gasteiger charge is 2.50. The van der Waals surface area contributed by atoms with E-state index in [4.69, 9.17) is 11.6 Å². The Labute approximate surface area is 228 Å². The molecule has 222 valence electrons. The Hall–Kier alpha value is -1.95. The van der Waals surface area contributed by atoms with Crippen LogP contribution in [0.4, 0.5) is 52.5 Å². The van der Waals surface area contributed by atoms with E-state index in [1.165, 1.54) is 13.8 Å². The molecule has 0 amide bonds. The third-order valence-electron chi connectivity index (χ3n) is 5.86. The van der Waals surface area contributed by atoms with E-state index in [9.17, 15) is 52.5 Å². The molecule has 40 heavy (non-hydrogen) atoms. The Morgan fingerprint density at radius 3 is 1.57 bits per heavy atom. The predicted octanol–water partition coefficient (Wildman–Crippen LogP) is 4.50. The van der Waals surface area contributed by atoms with E-state index < -0.39 is 58.0 Å². The number of rotatable bonds is 4. The molecule has 0 unspecified atom stereocenters. The van der Waals surface area contributed by atoms with Crippen molar-refractivity contribution in [3.05, 3.63) is 34.7 Å². The SMILES string of the molecule is Cc1[nH]nc(C(F)(F)F)c1F.Cc1cc(C(F)(F)F)n[nH]1.F[B]B(F)B(F)[B]F.F[N+]12CC[N+](CCl)(CC1)CC2. The molecule has 5 heterocycles. The fourth-order valence-corrected chi connectivity index (χ4v) is 3.69. The van der Waals surface area contributed by atoms with Gasteiger partial charge in [-0.3, -0.25) is 14.7 Å². The molecule has 5 rings (SSSR count). The number of hydrogen-bond acceptors (Lipinski definition) is 2. The third-order valence-corrected chi connectivity index (χ3v) is 6.37. The number of nitrogens with one attached hydrogen (secondary N) is 2. The van der Waals surface area contributed by atoms with E-state index in [2.05, 4.69) is 15.3 Å². The molecule has 2 aromatic rings. The second-order valence-electron chi connectivity index (χ2n) is 8.92. The van der Waals surface area contributed by atoms with Crippen molar-refractivity contribution in [3.8, 4) is 0 Å². The van der Waals surface area contributed by atoms with Gasteiger partial charge in [-0.2, -0.15) is 36.5 Å². The van der Waals surface area contributed by atoms with Crippen LogP contribution in [0.3, 0.4) is 0 Å². The Kier molecular flexibility index (Phi) is 13.3. The van der Waals surface area contributed by atoms with Gasteiger partial charge in [-0.05, 0) is 24.4 Å². The zero-order valence-electron chi connectivity index (χ0n) is 21.0. The molecule has 3 aliphatic rings. The van der Waals surface area contributed by atoms with Gasteiger partial charge in [0.1, 0.15) is 19.6 Å². The summed E-state index contributed by atoms with van der Waals surface area (Å²) in [5.74, 6) is -1.34. The fourth-order valence-electron chi connectivity index (χ4n) is 3.33. The maximum atomic E-state index is 13.5. The standard InChI is InChI=1S/C7H14ClFN2.C5H4F4N2.C5H5F3N2.B4F4/c8-7-10-1-4-11(9,5-2-10)6-3-10;1-2-3(6)4(11-10-2)5(7,8)9;1-3-2-4(10-9-3)5(6,7)8;5-1-3(7)4(8)2-6/h1-7H2;1H3,(H,10,11);2H,1H3,(H,9,10);/q+2;;;. The summed E-state index contributed by atoms with van der Waals surface area (Å²) in [6, 6.07) is 1.62. The van der Waals surface area contributed by atoms with E-state index >= 15 is 0 Å². The minimum Gasteiger partial charge on any atom is -0.350 e. The molecule has 0 atom stereocenters. The molecule has 3 saturated heterocycles. The van der Waals surface area contributed by atoms with Crippen LogP contribution in [0.1, 0.15) is 22.8 Å². The van der Waals surface area contributed by atoms with Gasteiger partial charge >= 0.3 is 40.8 Å². The number of quaternary nitrogens is 2. The third kappa shape index (κ3) is 10.8. The summed E-state index contributed by atoms with van der Waals surface area (Å²) in [7, 11) is -1.08. The van der Waals surface area contributed by atoms with Crippen molar-refractivity contribution in [1.82, 2.24) is 20.4 Å². The van der Waals surface area contributed by atoms with Crippen LogP contribution in [0.5, 0.6) is 0 Å². The minimum absolute atomic E-state index is 0.198. The molecule has 3 aliphatic heterocycles. The Morgan fingerprint density at radius 2 is 1.35 bits per heavy atom. The molecule has 2 bridgehead atoms. The van der Waals surface area contributed by atoms with Gasteiger partial charge in [-0.15, -0.1) is 4.71 Å². The number of halogens is 13. The van der Waals surface area contributed by atoms with E-state index in [0.29, 0.717) is 31.3 Å². The molecule has 6 nitrogen and oxygen atoms in total. The van der Waals surface area contributed by atoms with Crippen molar-refractivity contribution >= 4 is 40.0 Å². The Morgan fingerprint density at radius 1 is 0.875 bits per heavy atom. The van der Waals surface area contributed by atoms with Gasteiger partial charge < -0.3 is 17.3 Å². The molecule has 23 heteroatoms. The lowest BCUT2D eigenvalue weighted by molar-refractivity contribution is -1.15. The van der Waals surface area contributed by atoms with Gasteiger partial charge in [0.15, 0.2) is 37.1 Å². The van der Waals surface area contributed by atoms with Crippen LogP contribution in [0.25, 0.3) is 0 Å². The summed E-state index contributed by atoms with van der Waals surface area (Å²) in [6.45, 7) is 2.56. The summed E-state index contributed by atoms with van der Waals surface area (Å²) in [5.41, 5.74) is -2.16. The first-order valence-electron chi connectivity index (χ1n) is 11.3. The monoisotopic (exact) mass is 618 g/mol. The maximum Gasteiger partial charge on any atom is 0.438 e. The zero-order valence-corrected chi connectivity index (χ0v) is 21.8. The van der Waals surface area contributed by atoms with Crippen molar-refractivity contribution in [3.63, 3.8) is 0 Å². The summed E-state index contributed by atoms with van der Waals surface area (Å²) in [5, 5.41) is 9.90. The fraction of sp³-hybridized carbons (Fsp3) is 0.647. The average molecular weight is 618 g/mol. The highest BCUT2D eigenvalue weighted by molar-refractivity contribution is 7.53. The molecule has 0 aromatic carbocycles. The van der Waals surface area contributed by atoms with Crippen LogP contribution in [0, 0.1) is 19.7 Å². The lowest BCUT2D eigenvalue weighted by Gasteiger charge is -2.48. The van der Waals surface area contributed by atoms with E-state index in [1.807, 2.05) is 5.10 Å². The number of piperazine rings is 3. The summed E-state index contributed by atoms with van der Waals surface area (Å²) < 4.78 is 142. The van der Waals surface area contributed by atoms with Crippen molar-refractivity contribution in [2.24, 2.45) is 0 Å². The highest BCUT2D eigenvalue weighted by Crippen LogP contribution is 2.30. The number of hydrogen-bond donors (Lipinski definition) is 2. The van der Waals surface area contributed by atoms with Crippen LogP contribution in [0.2, 0.25) is 0 Å². The van der Waals surface area contributed by atoms with Crippen LogP contribution in [-0.2, 0) is 12.4 Å². The van der Waals surface area contributed by atoms with Crippen LogP contribution < -0.4 is 0 Å². The number of aromatic amines is 2. The Balaban J connectivity index is 0.000000269. The van der Waals surface area contributed by atoms with E-state index in [-0.39, 0.29) is 10.4 Å². The average Bonchev–Trinajstić information content (AvgIpc) is 3.50. The first kappa shape index (κ1) is 36.1. The smallest absolute Gasteiger partial charge is 0.350 e. The predicted molar refractivity (Wildman–Crippen MR) is 126 cm³/mol. The quantitative estimate of drug-likeness (QED) is 0.133. The zero-order chi connectivity index (χ0) is 30.9. The van der Waals surface area contributed by atoms with Gasteiger partial charge in [0, 0.05) is 5.69 Å². The number of fused-ring (bicyclic) bond motifs is 3. The number of H-pyrrole nitrogens is 2. The second-order valence-corrected chi connectivity index (χ2v) is 9.15. The molecule has 2 N–H and O–H groups in total. The van der Waals surface area contributed by atoms with E-state index in [1.54, 1.807) is 0 Å². The number of alkyl halides is 7. The van der Waals surface area contributed by atoms with Gasteiger partial charge in [0.2, 0.25) is 5.69 Å². The van der Waals surface area contributed by atoms with Crippen LogP contribution >= 0.6 is 11.6 Å². The molecular formula is C17H23B4ClF12N6+2. The minimum atomic E-state index is -4.71. The first-order valence-corrected chi connectivity index (χ1v) is 11.9. The molecule has 0 aliphatic carbocycles. The highest BCUT2D eigenvalue weighted by atomic mass is 35.5. The summed E-state index contributed by atoms with van der Waals surface area (Å²) >= 11 is 5.85. The molecule has 2 radical (unpaired) electrons. The van der Waals surface area contributed by atoms with Crippen LogP contribution in [0.15, 0.2) is 6.07 Å². The van der Waals surface area contributed by atoms with Crippen molar-refractivity contribution < 1.29 is 61.7 Å². The van der Waals surface area contributed by atoms with E-state index in [0.717, 1.165) is 30.2 Å². The van der Waals surface area contributed by atoms with Gasteiger partial charge in [-0.25, -0.2) is 4.39 Å². The van der Waals surface area contributed by atoms with Crippen molar-refractivity contribution in [2.45, 2.75) is 26.2 Å². The van der Waals surface area contributed by atoms with Gasteiger partial charge in [0.25, 0.3) is 0 Å². The number of aromatic nitrogens is 4. The maximum absolute atomic E-state index is 13.5. The first-order chi connectivity index (χ1) is 18.3. The molecule has 0 saturated carbocycles. The van der Waals surface area contributed by atoms with Crippen LogP contribution in [-0.4, -0.2) is 103 Å². The van der Waals surface area contributed by atoms with Gasteiger partial charge in [-0.1, -0.05) is 11.6 Å². The lowest BCUT2D eigenvalue weighted by atomic mass is 9.09. The largest absolute Gasteiger partial charge is 0.438 e. The number of nitrogens with zero attached hydrogens (tertiary/aromatic N) is 4. The summed E-state index contributed by atoms with van der Waals surface area (Å²) in [6.07, 6.45) is -9.04. The Bertz CT molecular complexity index is 1010. The summed E-state index contributed by atoms with van der Waals surface area (Å²) in [4.78, 5) is 0. The topological polar surface area (TPSA) is 57.4 Å². The van der Waals surface area contributed by atoms with Crippen molar-refractivity contribution in [1.29, 1.82) is 0 Å². The van der Waals surface area contributed by atoms with Crippen molar-refractivity contribution in [2.75, 3.05) is 45.3 Å². The molecular weight excluding hydrogens is 595 g/mol. The molecule has 3 fully saturated rings. The number of aryl methyl sites for hydroxylation is 2. The lowest BCUT2D eigenvalue weighted by Crippen LogP contribution is -2.71. The van der Waals surface area contributed by atoms with Gasteiger partial charge in [0.05, 0.1) is 5.69 Å². The normalized spacial score (nSPS) is 21.6. The molecule has 2 aromatic heterocycles.